The summed E-state index contributed by atoms with van der Waals surface area (Å²) in [6, 6.07) is 20.4. The number of hydrogen-bond acceptors (Lipinski definition) is 8. The zero-order chi connectivity index (χ0) is 34.3. The fourth-order valence-corrected chi connectivity index (χ4v) is 8.46. The largest absolute Gasteiger partial charge is 0.497 e. The Balaban J connectivity index is 1.46. The molecule has 1 saturated heterocycles. The van der Waals surface area contributed by atoms with E-state index >= 15 is 0 Å². The van der Waals surface area contributed by atoms with E-state index in [1.807, 2.05) is 62.4 Å². The van der Waals surface area contributed by atoms with Gasteiger partial charge in [-0.2, -0.15) is 4.31 Å². The average Bonchev–Trinajstić information content (AvgIpc) is 3.07. The van der Waals surface area contributed by atoms with Gasteiger partial charge in [-0.05, 0) is 80.6 Å². The second-order valence-electron chi connectivity index (χ2n) is 12.8. The van der Waals surface area contributed by atoms with Gasteiger partial charge in [-0.25, -0.2) is 8.42 Å². The first-order chi connectivity index (χ1) is 23.1. The van der Waals surface area contributed by atoms with Gasteiger partial charge in [0.25, 0.3) is 0 Å². The first-order valence-electron chi connectivity index (χ1n) is 16.7. The monoisotopic (exact) mass is 679 g/mol. The molecule has 10 nitrogen and oxygen atoms in total. The van der Waals surface area contributed by atoms with Gasteiger partial charge in [0.05, 0.1) is 36.9 Å². The third kappa shape index (κ3) is 8.68. The van der Waals surface area contributed by atoms with Crippen LogP contribution in [0.4, 0.5) is 5.69 Å². The number of anilines is 1. The number of nitrogens with zero attached hydrogens (tertiary/aromatic N) is 2. The van der Waals surface area contributed by atoms with Crippen LogP contribution >= 0.6 is 0 Å². The van der Waals surface area contributed by atoms with Crippen LogP contribution in [0.15, 0.2) is 71.6 Å². The van der Waals surface area contributed by atoms with Crippen LogP contribution in [-0.2, 0) is 30.9 Å². The highest BCUT2D eigenvalue weighted by molar-refractivity contribution is 7.89. The van der Waals surface area contributed by atoms with Crippen molar-refractivity contribution in [3.05, 3.63) is 83.4 Å². The molecule has 5 rings (SSSR count). The molecule has 0 bridgehead atoms. The van der Waals surface area contributed by atoms with Crippen LogP contribution in [0.3, 0.4) is 0 Å². The second-order valence-corrected chi connectivity index (χ2v) is 14.7. The molecule has 0 aromatic heterocycles. The van der Waals surface area contributed by atoms with E-state index < -0.39 is 16.1 Å². The Labute approximate surface area is 285 Å². The van der Waals surface area contributed by atoms with Gasteiger partial charge in [0.15, 0.2) is 0 Å². The molecule has 0 spiro atoms. The molecule has 2 aliphatic heterocycles. The van der Waals surface area contributed by atoms with E-state index in [9.17, 15) is 13.2 Å². The van der Waals surface area contributed by atoms with E-state index in [1.54, 1.807) is 30.7 Å². The molecule has 1 fully saturated rings. The first kappa shape index (κ1) is 35.7. The summed E-state index contributed by atoms with van der Waals surface area (Å²) in [6.45, 7) is 8.79. The summed E-state index contributed by atoms with van der Waals surface area (Å²) in [5.74, 6) is 1.36. The number of amides is 1. The van der Waals surface area contributed by atoms with Crippen LogP contribution in [0.1, 0.15) is 55.7 Å². The number of carbonyl (C=O) groups is 1. The molecule has 1 N–H and O–H groups in total. The van der Waals surface area contributed by atoms with Gasteiger partial charge in [-0.1, -0.05) is 35.9 Å². The Morgan fingerprint density at radius 3 is 2.50 bits per heavy atom. The smallest absolute Gasteiger partial charge is 0.243 e. The molecule has 2 heterocycles. The summed E-state index contributed by atoms with van der Waals surface area (Å²) in [4.78, 5) is 14.5. The van der Waals surface area contributed by atoms with Crippen molar-refractivity contribution in [3.8, 4) is 11.5 Å². The van der Waals surface area contributed by atoms with Gasteiger partial charge < -0.3 is 29.2 Å². The van der Waals surface area contributed by atoms with Gasteiger partial charge in [-0.15, -0.1) is 0 Å². The Kier molecular flexibility index (Phi) is 12.0. The third-order valence-corrected chi connectivity index (χ3v) is 11.1. The lowest BCUT2D eigenvalue weighted by Crippen LogP contribution is -2.54. The Bertz CT molecular complexity index is 1610. The summed E-state index contributed by atoms with van der Waals surface area (Å²) in [5.41, 5.74) is 4.05. The van der Waals surface area contributed by atoms with E-state index in [4.69, 9.17) is 18.9 Å². The molecule has 3 aromatic rings. The molecule has 0 saturated carbocycles. The molecule has 11 heteroatoms. The predicted octanol–water partition coefficient (Wildman–Crippen LogP) is 5.29. The number of ether oxygens (including phenoxy) is 4. The summed E-state index contributed by atoms with van der Waals surface area (Å²) in [7, 11) is -0.527. The topological polar surface area (TPSA) is 107 Å². The standard InChI is InChI=1S/C37H49N3O7S/c1-26-7-14-33(15-8-26)48(42,43)40-24-37(47-25-29-9-16-36-35(22-29)39(18-20-46-36)17-6-19-44-4)34(30-10-12-32(45-5)13-11-30)23-31(40)21-27(2)38-28(3)41/h7-16,22,27,31,34,37H,6,17-21,23-25H2,1-5H3,(H,38,41)/t27-,31+,34-,37+/m1/s1. The van der Waals surface area contributed by atoms with E-state index in [1.165, 1.54) is 6.92 Å². The molecule has 4 atom stereocenters. The van der Waals surface area contributed by atoms with E-state index in [2.05, 4.69) is 16.3 Å². The van der Waals surface area contributed by atoms with Crippen molar-refractivity contribution in [3.63, 3.8) is 0 Å². The highest BCUT2D eigenvalue weighted by atomic mass is 32.2. The maximum atomic E-state index is 14.3. The first-order valence-corrected chi connectivity index (χ1v) is 18.1. The average molecular weight is 680 g/mol. The molecule has 2 aliphatic rings. The zero-order valence-corrected chi connectivity index (χ0v) is 29.5. The van der Waals surface area contributed by atoms with Crippen molar-refractivity contribution in [2.75, 3.05) is 52.0 Å². The zero-order valence-electron chi connectivity index (χ0n) is 28.7. The molecule has 260 valence electrons. The van der Waals surface area contributed by atoms with Crippen LogP contribution in [0.25, 0.3) is 0 Å². The van der Waals surface area contributed by atoms with Crippen molar-refractivity contribution >= 4 is 21.6 Å². The van der Waals surface area contributed by atoms with Crippen LogP contribution in [0.2, 0.25) is 0 Å². The molecular weight excluding hydrogens is 630 g/mol. The Hall–Kier alpha value is -3.64. The normalized spacial score (nSPS) is 20.4. The number of nitrogens with one attached hydrogen (secondary N) is 1. The lowest BCUT2D eigenvalue weighted by molar-refractivity contribution is -0.119. The lowest BCUT2D eigenvalue weighted by atomic mass is 9.82. The number of sulfonamides is 1. The molecule has 0 unspecified atom stereocenters. The number of carbonyl (C=O) groups excluding carboxylic acids is 1. The summed E-state index contributed by atoms with van der Waals surface area (Å²) in [6.07, 6.45) is 1.47. The second kappa shape index (κ2) is 16.2. The summed E-state index contributed by atoms with van der Waals surface area (Å²) in [5, 5.41) is 2.95. The van der Waals surface area contributed by atoms with Gasteiger partial charge in [0.2, 0.25) is 15.9 Å². The Morgan fingerprint density at radius 2 is 1.81 bits per heavy atom. The summed E-state index contributed by atoms with van der Waals surface area (Å²) < 4.78 is 53.6. The number of fused-ring (bicyclic) bond motifs is 1. The minimum absolute atomic E-state index is 0.0959. The molecule has 1 amide bonds. The van der Waals surface area contributed by atoms with E-state index in [-0.39, 0.29) is 35.3 Å². The van der Waals surface area contributed by atoms with Gasteiger partial charge in [-0.3, -0.25) is 4.79 Å². The molecule has 48 heavy (non-hydrogen) atoms. The molecule has 0 aliphatic carbocycles. The number of rotatable bonds is 14. The Morgan fingerprint density at radius 1 is 1.06 bits per heavy atom. The predicted molar refractivity (Wildman–Crippen MR) is 186 cm³/mol. The highest BCUT2D eigenvalue weighted by Crippen LogP contribution is 2.40. The molecule has 3 aromatic carbocycles. The highest BCUT2D eigenvalue weighted by Gasteiger charge is 2.43. The van der Waals surface area contributed by atoms with Crippen molar-refractivity contribution < 1.29 is 32.2 Å². The minimum atomic E-state index is -3.88. The maximum absolute atomic E-state index is 14.3. The fraction of sp³-hybridized carbons (Fsp3) is 0.486. The van der Waals surface area contributed by atoms with Crippen molar-refractivity contribution in [2.45, 2.75) is 75.6 Å². The van der Waals surface area contributed by atoms with Crippen LogP contribution in [-0.4, -0.2) is 83.9 Å². The van der Waals surface area contributed by atoms with Gasteiger partial charge >= 0.3 is 0 Å². The molecular formula is C37H49N3O7S. The fourth-order valence-electron chi connectivity index (χ4n) is 6.80. The SMILES string of the molecule is COCCCN1CCOc2ccc(CO[C@H]3CN(S(=O)(=O)c4ccc(C)cc4)[C@@H](C[C@@H](C)NC(C)=O)C[C@@H]3c3ccc(OC)cc3)cc21. The minimum Gasteiger partial charge on any atom is -0.497 e. The van der Waals surface area contributed by atoms with Crippen LogP contribution < -0.4 is 19.7 Å². The maximum Gasteiger partial charge on any atom is 0.243 e. The van der Waals surface area contributed by atoms with Crippen molar-refractivity contribution in [1.29, 1.82) is 0 Å². The number of benzene rings is 3. The van der Waals surface area contributed by atoms with Crippen LogP contribution in [0, 0.1) is 6.92 Å². The van der Waals surface area contributed by atoms with Crippen molar-refractivity contribution in [1.82, 2.24) is 9.62 Å². The quantitative estimate of drug-likeness (QED) is 0.230. The number of hydrogen-bond donors (Lipinski definition) is 1. The van der Waals surface area contributed by atoms with Crippen molar-refractivity contribution in [2.24, 2.45) is 0 Å². The third-order valence-electron chi connectivity index (χ3n) is 9.21. The molecule has 0 radical (unpaired) electrons. The van der Waals surface area contributed by atoms with Gasteiger partial charge in [0.1, 0.15) is 18.1 Å². The number of piperidine rings is 1. The number of methoxy groups -OCH3 is 2. The van der Waals surface area contributed by atoms with Gasteiger partial charge in [0, 0.05) is 51.7 Å². The van der Waals surface area contributed by atoms with E-state index in [0.717, 1.165) is 53.4 Å². The summed E-state index contributed by atoms with van der Waals surface area (Å²) >= 11 is 0. The van der Waals surface area contributed by atoms with Crippen LogP contribution in [0.5, 0.6) is 11.5 Å². The lowest BCUT2D eigenvalue weighted by Gasteiger charge is -2.44. The van der Waals surface area contributed by atoms with E-state index in [0.29, 0.717) is 32.7 Å². The number of aryl methyl sites for hydroxylation is 1.